The van der Waals surface area contributed by atoms with Gasteiger partial charge < -0.3 is 10.1 Å². The van der Waals surface area contributed by atoms with Gasteiger partial charge in [0.05, 0.1) is 5.78 Å². The molecule has 0 bridgehead atoms. The van der Waals surface area contributed by atoms with Crippen LogP contribution in [0.1, 0.15) is 16.9 Å². The van der Waals surface area contributed by atoms with E-state index in [1.54, 1.807) is 0 Å². The summed E-state index contributed by atoms with van der Waals surface area (Å²) >= 11 is 0. The quantitative estimate of drug-likeness (QED) is 0.278. The molecule has 3 nitrogen and oxygen atoms in total. The summed E-state index contributed by atoms with van der Waals surface area (Å²) in [5.41, 5.74) is 3.33. The highest BCUT2D eigenvalue weighted by Crippen LogP contribution is 2.51. The molecule has 0 aromatic heterocycles. The average molecular weight is 441 g/mol. The molecule has 4 aromatic carbocycles. The number of hydrogen-bond donors (Lipinski definition) is 1. The van der Waals surface area contributed by atoms with Crippen LogP contribution in [0.15, 0.2) is 115 Å². The summed E-state index contributed by atoms with van der Waals surface area (Å²) in [5.74, 6) is -0.189. The molecule has 0 spiro atoms. The smallest absolute Gasteiger partial charge is 0.0880 e. The third-order valence-electron chi connectivity index (χ3n) is 5.49. The lowest BCUT2D eigenvalue weighted by Gasteiger charge is -2.35. The van der Waals surface area contributed by atoms with Crippen molar-refractivity contribution in [2.75, 3.05) is 19.0 Å². The molecule has 0 amide bonds. The first kappa shape index (κ1) is 22.2. The van der Waals surface area contributed by atoms with E-state index >= 15 is 0 Å². The summed E-state index contributed by atoms with van der Waals surface area (Å²) in [7, 11) is 3.20. The van der Waals surface area contributed by atoms with Crippen LogP contribution < -0.4 is 15.5 Å². The Morgan fingerprint density at radius 2 is 1.12 bits per heavy atom. The van der Waals surface area contributed by atoms with E-state index < -0.39 is 7.92 Å². The molecule has 0 aliphatic heterocycles. The van der Waals surface area contributed by atoms with Crippen molar-refractivity contribution < 1.29 is 5.21 Å². The van der Waals surface area contributed by atoms with Gasteiger partial charge in [-0.25, -0.2) is 0 Å². The van der Waals surface area contributed by atoms with Crippen molar-refractivity contribution in [2.24, 2.45) is 0 Å². The van der Waals surface area contributed by atoms with Gasteiger partial charge in [-0.05, 0) is 41.8 Å². The molecule has 4 rings (SSSR count). The zero-order valence-electron chi connectivity index (χ0n) is 18.5. The van der Waals surface area contributed by atoms with E-state index in [4.69, 9.17) is 0 Å². The van der Waals surface area contributed by atoms with Gasteiger partial charge in [0.2, 0.25) is 0 Å². The predicted molar refractivity (Wildman–Crippen MR) is 136 cm³/mol. The third kappa shape index (κ3) is 5.26. The van der Waals surface area contributed by atoms with Crippen LogP contribution in [0.2, 0.25) is 0 Å². The van der Waals surface area contributed by atoms with Crippen LogP contribution in [-0.2, 0) is 6.54 Å². The van der Waals surface area contributed by atoms with Gasteiger partial charge in [0.15, 0.2) is 0 Å². The summed E-state index contributed by atoms with van der Waals surface area (Å²) in [6.07, 6.45) is 0. The molecule has 0 radical (unpaired) electrons. The average Bonchev–Trinajstić information content (AvgIpc) is 2.84. The highest BCUT2D eigenvalue weighted by atomic mass is 31.1. The molecule has 162 valence electrons. The van der Waals surface area contributed by atoms with Crippen molar-refractivity contribution >= 4 is 24.2 Å². The third-order valence-corrected chi connectivity index (χ3v) is 8.25. The zero-order chi connectivity index (χ0) is 22.3. The maximum Gasteiger partial charge on any atom is 0.0880 e. The lowest BCUT2D eigenvalue weighted by molar-refractivity contribution is -0.112. The highest BCUT2D eigenvalue weighted by molar-refractivity contribution is 7.73. The normalized spacial score (nSPS) is 12.2. The van der Waals surface area contributed by atoms with Crippen LogP contribution >= 0.6 is 7.92 Å². The minimum Gasteiger partial charge on any atom is -0.378 e. The van der Waals surface area contributed by atoms with E-state index in [2.05, 4.69) is 89.8 Å². The van der Waals surface area contributed by atoms with Crippen molar-refractivity contribution in [3.8, 4) is 0 Å². The second-order valence-electron chi connectivity index (χ2n) is 7.98. The Hall–Kier alpha value is -2.97. The van der Waals surface area contributed by atoms with Gasteiger partial charge in [0, 0.05) is 26.3 Å². The first-order valence-electron chi connectivity index (χ1n) is 10.8. The Labute approximate surface area is 192 Å². The van der Waals surface area contributed by atoms with Crippen LogP contribution in [0.25, 0.3) is 0 Å². The molecule has 32 heavy (non-hydrogen) atoms. The number of anilines is 1. The largest absolute Gasteiger partial charge is 0.378 e. The first-order valence-corrected chi connectivity index (χ1v) is 12.2. The number of benzene rings is 4. The second-order valence-corrected chi connectivity index (χ2v) is 10.2. The molecular weight excluding hydrogens is 411 g/mol. The predicted octanol–water partition coefficient (Wildman–Crippen LogP) is 5.78. The Morgan fingerprint density at radius 3 is 1.59 bits per heavy atom. The molecule has 0 aliphatic rings. The number of rotatable bonds is 8. The lowest BCUT2D eigenvalue weighted by atomic mass is 10.1. The van der Waals surface area contributed by atoms with E-state index in [-0.39, 0.29) is 5.78 Å². The van der Waals surface area contributed by atoms with Crippen LogP contribution in [0.3, 0.4) is 0 Å². The molecule has 0 saturated heterocycles. The maximum atomic E-state index is 11.5. The molecule has 0 saturated carbocycles. The van der Waals surface area contributed by atoms with E-state index in [1.807, 2.05) is 44.4 Å². The van der Waals surface area contributed by atoms with Crippen LogP contribution in [0, 0.1) is 0 Å². The van der Waals surface area contributed by atoms with E-state index in [0.717, 1.165) is 16.8 Å². The Bertz CT molecular complexity index is 1050. The summed E-state index contributed by atoms with van der Waals surface area (Å²) in [6.45, 7) is 0.458. The number of nitrogens with zero attached hydrogens (tertiary/aromatic N) is 2. The molecule has 4 heteroatoms. The SMILES string of the molecule is CN(C)c1ccc(C(N(O)Cc2ccccc2)P(c2ccccc2)c2ccccc2)cc1. The summed E-state index contributed by atoms with van der Waals surface area (Å²) in [5, 5.41) is 15.5. The van der Waals surface area contributed by atoms with Crippen molar-refractivity contribution in [2.45, 2.75) is 12.3 Å². The molecule has 0 heterocycles. The number of hydrogen-bond acceptors (Lipinski definition) is 3. The number of hydroxylamine groups is 2. The van der Waals surface area contributed by atoms with Crippen molar-refractivity contribution in [1.29, 1.82) is 0 Å². The van der Waals surface area contributed by atoms with Crippen molar-refractivity contribution in [3.05, 3.63) is 126 Å². The fourth-order valence-corrected chi connectivity index (χ4v) is 6.53. The molecule has 0 fully saturated rings. The maximum absolute atomic E-state index is 11.5. The molecule has 1 atom stereocenters. The topological polar surface area (TPSA) is 26.7 Å². The molecule has 1 unspecified atom stereocenters. The van der Waals surface area contributed by atoms with E-state index in [9.17, 15) is 5.21 Å². The van der Waals surface area contributed by atoms with Gasteiger partial charge in [-0.15, -0.1) is 0 Å². The van der Waals surface area contributed by atoms with E-state index in [1.165, 1.54) is 15.7 Å². The van der Waals surface area contributed by atoms with Gasteiger partial charge in [-0.2, -0.15) is 5.06 Å². The van der Waals surface area contributed by atoms with E-state index in [0.29, 0.717) is 6.54 Å². The second kappa shape index (κ2) is 10.6. The lowest BCUT2D eigenvalue weighted by Crippen LogP contribution is -2.30. The molecule has 1 N–H and O–H groups in total. The minimum absolute atomic E-state index is 0.189. The van der Waals surface area contributed by atoms with Gasteiger partial charge in [0.25, 0.3) is 0 Å². The highest BCUT2D eigenvalue weighted by Gasteiger charge is 2.31. The van der Waals surface area contributed by atoms with Crippen molar-refractivity contribution in [3.63, 3.8) is 0 Å². The molecule has 0 aliphatic carbocycles. The van der Waals surface area contributed by atoms with Gasteiger partial charge >= 0.3 is 0 Å². The molecule has 4 aromatic rings. The first-order chi connectivity index (χ1) is 15.6. The van der Waals surface area contributed by atoms with Crippen LogP contribution in [0.5, 0.6) is 0 Å². The van der Waals surface area contributed by atoms with Gasteiger partial charge in [-0.3, -0.25) is 0 Å². The zero-order valence-corrected chi connectivity index (χ0v) is 19.4. The van der Waals surface area contributed by atoms with Gasteiger partial charge in [-0.1, -0.05) is 103 Å². The summed E-state index contributed by atoms with van der Waals surface area (Å²) < 4.78 is 0. The van der Waals surface area contributed by atoms with Crippen LogP contribution in [-0.4, -0.2) is 24.4 Å². The minimum atomic E-state index is -0.889. The standard InChI is InChI=1S/C28H29N2OP/c1-29(2)25-20-18-24(19-21-25)28(30(31)22-23-12-6-3-7-13-23)32(26-14-8-4-9-15-26)27-16-10-5-11-17-27/h3-21,28,31H,22H2,1-2H3. The molecular formula is C28H29N2OP. The fourth-order valence-electron chi connectivity index (χ4n) is 3.86. The summed E-state index contributed by atoms with van der Waals surface area (Å²) in [6, 6.07) is 39.8. The van der Waals surface area contributed by atoms with Gasteiger partial charge in [0.1, 0.15) is 0 Å². The van der Waals surface area contributed by atoms with Crippen molar-refractivity contribution in [1.82, 2.24) is 5.06 Å². The van der Waals surface area contributed by atoms with Crippen LogP contribution in [0.4, 0.5) is 5.69 Å². The Balaban J connectivity index is 1.81. The Morgan fingerprint density at radius 1 is 0.656 bits per heavy atom. The Kier molecular flexibility index (Phi) is 7.34. The monoisotopic (exact) mass is 440 g/mol. The summed E-state index contributed by atoms with van der Waals surface area (Å²) in [4.78, 5) is 2.09. The fraction of sp³-hybridized carbons (Fsp3) is 0.143.